The minimum Gasteiger partial charge on any atom is -0.345 e. The molecule has 0 aliphatic heterocycles. The molecule has 152 valence electrons. The fourth-order valence-electron chi connectivity index (χ4n) is 3.18. The molecule has 0 radical (unpaired) electrons. The van der Waals surface area contributed by atoms with Gasteiger partial charge < -0.3 is 15.1 Å². The Morgan fingerprint density at radius 1 is 1.24 bits per heavy atom. The Hall–Kier alpha value is -1.71. The average Bonchev–Trinajstić information content (AvgIpc) is 2.97. The molecule has 3 N–H and O–H groups in total. The van der Waals surface area contributed by atoms with Crippen LogP contribution in [0.25, 0.3) is 10.1 Å². The van der Waals surface area contributed by atoms with E-state index >= 15 is 0 Å². The van der Waals surface area contributed by atoms with Crippen molar-refractivity contribution in [1.82, 2.24) is 5.32 Å². The van der Waals surface area contributed by atoms with Crippen molar-refractivity contribution < 1.29 is 32.3 Å². The van der Waals surface area contributed by atoms with Crippen LogP contribution in [-0.4, -0.2) is 15.7 Å². The maximum atomic E-state index is 14.1. The number of carbonyl (C=O) groups excluding carboxylic acids is 1. The summed E-state index contributed by atoms with van der Waals surface area (Å²) in [6.45, 7) is 0. The van der Waals surface area contributed by atoms with Gasteiger partial charge in [0.15, 0.2) is 0 Å². The fourth-order valence-corrected chi connectivity index (χ4v) is 6.10. The van der Waals surface area contributed by atoms with E-state index in [1.54, 1.807) is 6.07 Å². The Labute approximate surface area is 174 Å². The molecule has 11 heteroatoms. The molecule has 1 heterocycles. The molecule has 0 saturated heterocycles. The molecule has 1 amide bonds. The lowest BCUT2D eigenvalue weighted by atomic mass is 9.83. The van der Waals surface area contributed by atoms with E-state index < -0.39 is 29.9 Å². The van der Waals surface area contributed by atoms with Crippen LogP contribution < -0.4 is 5.32 Å². The van der Waals surface area contributed by atoms with Gasteiger partial charge in [-0.25, -0.2) is 4.39 Å². The second-order valence-corrected chi connectivity index (χ2v) is 10.1. The first-order valence-electron chi connectivity index (χ1n) is 8.24. The fraction of sp³-hybridized carbons (Fsp3) is 0.167. The van der Waals surface area contributed by atoms with E-state index in [-0.39, 0.29) is 21.5 Å². The number of halogens is 4. The number of benzene rings is 2. The summed E-state index contributed by atoms with van der Waals surface area (Å²) in [7, 11) is -5.72. The third-order valence-corrected chi connectivity index (χ3v) is 8.17. The third-order valence-electron chi connectivity index (χ3n) is 4.74. The van der Waals surface area contributed by atoms with Crippen molar-refractivity contribution >= 4 is 50.9 Å². The maximum absolute atomic E-state index is 14.1. The first kappa shape index (κ1) is 20.6. The number of rotatable bonds is 4. The van der Waals surface area contributed by atoms with Gasteiger partial charge in [0.05, 0.1) is 6.04 Å². The Balaban J connectivity index is 1.63. The first-order valence-corrected chi connectivity index (χ1v) is 11.5. The summed E-state index contributed by atoms with van der Waals surface area (Å²) in [6.07, 6.45) is 0.560. The lowest BCUT2D eigenvalue weighted by Gasteiger charge is -2.30. The number of hydrogen-bond donors (Lipinski definition) is 3. The minimum absolute atomic E-state index is 0.170. The number of amides is 1. The number of carbonyl (C=O) groups is 1. The molecular formula is C18H12BrF3NO4PS. The summed E-state index contributed by atoms with van der Waals surface area (Å²) in [6, 6.07) is 8.27. The van der Waals surface area contributed by atoms with Gasteiger partial charge in [-0.1, -0.05) is 6.07 Å². The van der Waals surface area contributed by atoms with Crippen LogP contribution >= 0.6 is 34.9 Å². The van der Waals surface area contributed by atoms with Crippen molar-refractivity contribution in [3.05, 3.63) is 68.3 Å². The second-order valence-electron chi connectivity index (χ2n) is 6.61. The summed E-state index contributed by atoms with van der Waals surface area (Å²) in [5.41, 5.74) is -2.53. The molecule has 1 aliphatic rings. The van der Waals surface area contributed by atoms with Crippen molar-refractivity contribution in [2.45, 2.75) is 18.1 Å². The van der Waals surface area contributed by atoms with Crippen molar-refractivity contribution in [3.63, 3.8) is 0 Å². The van der Waals surface area contributed by atoms with Crippen LogP contribution in [0.15, 0.2) is 40.9 Å². The summed E-state index contributed by atoms with van der Waals surface area (Å²) in [4.78, 5) is 29.7. The SMILES string of the molecule is O=C(N[C@H]1Cc2ccc(F)cc21)c1ccc2sc(C(F)(F)P(=O)(O)O)c(Br)c2c1. The number of alkyl halides is 2. The monoisotopic (exact) mass is 505 g/mol. The van der Waals surface area contributed by atoms with Crippen LogP contribution in [0, 0.1) is 5.82 Å². The molecule has 4 rings (SSSR count). The van der Waals surface area contributed by atoms with Crippen LogP contribution in [0.5, 0.6) is 0 Å². The highest BCUT2D eigenvalue weighted by molar-refractivity contribution is 9.10. The maximum Gasteiger partial charge on any atom is 0.400 e. The van der Waals surface area contributed by atoms with Gasteiger partial charge in [-0.15, -0.1) is 11.3 Å². The van der Waals surface area contributed by atoms with Gasteiger partial charge >= 0.3 is 13.3 Å². The highest BCUT2D eigenvalue weighted by atomic mass is 79.9. The quantitative estimate of drug-likeness (QED) is 0.432. The topological polar surface area (TPSA) is 86.6 Å². The van der Waals surface area contributed by atoms with Gasteiger partial charge in [0, 0.05) is 20.1 Å². The smallest absolute Gasteiger partial charge is 0.345 e. The molecule has 0 fully saturated rings. The van der Waals surface area contributed by atoms with Gasteiger partial charge in [0.1, 0.15) is 10.7 Å². The molecule has 5 nitrogen and oxygen atoms in total. The van der Waals surface area contributed by atoms with Crippen LogP contribution in [0.4, 0.5) is 13.2 Å². The molecule has 29 heavy (non-hydrogen) atoms. The zero-order chi connectivity index (χ0) is 21.1. The number of nitrogens with one attached hydrogen (secondary N) is 1. The van der Waals surface area contributed by atoms with Crippen molar-refractivity contribution in [2.75, 3.05) is 0 Å². The Bertz CT molecular complexity index is 1210. The number of fused-ring (bicyclic) bond motifs is 2. The Kier molecular flexibility index (Phi) is 4.91. The van der Waals surface area contributed by atoms with E-state index in [9.17, 15) is 22.5 Å². The molecule has 2 aromatic carbocycles. The van der Waals surface area contributed by atoms with E-state index in [0.717, 1.165) is 5.56 Å². The molecule has 1 aromatic heterocycles. The summed E-state index contributed by atoms with van der Waals surface area (Å²) in [5, 5.41) is 3.01. The van der Waals surface area contributed by atoms with E-state index in [2.05, 4.69) is 21.2 Å². The third kappa shape index (κ3) is 3.43. The van der Waals surface area contributed by atoms with Crippen molar-refractivity contribution in [3.8, 4) is 0 Å². The molecule has 3 aromatic rings. The molecule has 0 spiro atoms. The van der Waals surface area contributed by atoms with Gasteiger partial charge in [0.25, 0.3) is 5.91 Å². The predicted molar refractivity (Wildman–Crippen MR) is 106 cm³/mol. The van der Waals surface area contributed by atoms with Crippen molar-refractivity contribution in [1.29, 1.82) is 0 Å². The van der Waals surface area contributed by atoms with Crippen molar-refractivity contribution in [2.24, 2.45) is 0 Å². The second kappa shape index (κ2) is 6.92. The van der Waals surface area contributed by atoms with Crippen LogP contribution in [0.1, 0.15) is 32.4 Å². The summed E-state index contributed by atoms with van der Waals surface area (Å²) < 4.78 is 53.0. The molecule has 1 atom stereocenters. The van der Waals surface area contributed by atoms with E-state index in [1.165, 1.54) is 30.3 Å². The standard InChI is InChI=1S/C18H12BrF3NO4PS/c19-15-12-5-9(2-4-14(12)29-16(15)18(21,22)28(25,26)27)17(24)23-13-6-8-1-3-10(20)7-11(8)13/h1-5,7,13H,6H2,(H,23,24)(H2,25,26,27)/t13-/m0/s1. The van der Waals surface area contributed by atoms with E-state index in [0.29, 0.717) is 28.0 Å². The first-order chi connectivity index (χ1) is 13.5. The average molecular weight is 506 g/mol. The van der Waals surface area contributed by atoms with Gasteiger partial charge in [-0.3, -0.25) is 9.36 Å². The van der Waals surface area contributed by atoms with Crippen LogP contribution in [0.2, 0.25) is 0 Å². The molecule has 1 aliphatic carbocycles. The van der Waals surface area contributed by atoms with Gasteiger partial charge in [-0.2, -0.15) is 8.78 Å². The lowest BCUT2D eigenvalue weighted by Crippen LogP contribution is -2.35. The van der Waals surface area contributed by atoms with Crippen LogP contribution in [-0.2, 0) is 16.6 Å². The largest absolute Gasteiger partial charge is 0.400 e. The summed E-state index contributed by atoms with van der Waals surface area (Å²) >= 11 is 3.52. The highest BCUT2D eigenvalue weighted by Gasteiger charge is 2.53. The number of thiophene rings is 1. The molecule has 0 saturated carbocycles. The zero-order valence-electron chi connectivity index (χ0n) is 14.3. The van der Waals surface area contributed by atoms with E-state index in [4.69, 9.17) is 9.79 Å². The molecule has 0 unspecified atom stereocenters. The summed E-state index contributed by atoms with van der Waals surface area (Å²) in [5.74, 6) is -0.863. The van der Waals surface area contributed by atoms with E-state index in [1.807, 2.05) is 0 Å². The minimum atomic E-state index is -5.72. The normalized spacial score (nSPS) is 16.4. The molecule has 0 bridgehead atoms. The molecular weight excluding hydrogens is 494 g/mol. The predicted octanol–water partition coefficient (Wildman–Crippen LogP) is 5.06. The number of hydrogen-bond acceptors (Lipinski definition) is 3. The Morgan fingerprint density at radius 2 is 1.97 bits per heavy atom. The van der Waals surface area contributed by atoms with Gasteiger partial charge in [-0.05, 0) is 63.8 Å². The highest BCUT2D eigenvalue weighted by Crippen LogP contribution is 2.62. The van der Waals surface area contributed by atoms with Gasteiger partial charge in [0.2, 0.25) is 0 Å². The Morgan fingerprint density at radius 3 is 2.66 bits per heavy atom. The lowest BCUT2D eigenvalue weighted by molar-refractivity contribution is 0.0595. The zero-order valence-corrected chi connectivity index (χ0v) is 17.6. The van der Waals surface area contributed by atoms with Crippen LogP contribution in [0.3, 0.4) is 0 Å².